The van der Waals surface area contributed by atoms with Gasteiger partial charge in [-0.3, -0.25) is 0 Å². The average molecular weight is 241 g/mol. The van der Waals surface area contributed by atoms with Crippen molar-refractivity contribution in [2.24, 2.45) is 5.92 Å². The molecule has 0 radical (unpaired) electrons. The Kier molecular flexibility index (Phi) is 6.50. The number of methoxy groups -OCH3 is 1. The highest BCUT2D eigenvalue weighted by atomic mass is 16.5. The standard InChI is InChI=1S/C15H31NO/c1-5-7-14(16-12-6-2)15(17-4)10-8-13(3)9-11-15/h13-14,16H,5-12H2,1-4H3. The van der Waals surface area contributed by atoms with Crippen LogP contribution >= 0.6 is 0 Å². The molecule has 0 spiro atoms. The van der Waals surface area contributed by atoms with E-state index in [0.29, 0.717) is 6.04 Å². The summed E-state index contributed by atoms with van der Waals surface area (Å²) >= 11 is 0. The van der Waals surface area contributed by atoms with Gasteiger partial charge in [0.25, 0.3) is 0 Å². The molecule has 2 nitrogen and oxygen atoms in total. The highest BCUT2D eigenvalue weighted by Crippen LogP contribution is 2.38. The first-order valence-corrected chi connectivity index (χ1v) is 7.47. The second kappa shape index (κ2) is 7.38. The Balaban J connectivity index is 2.65. The smallest absolute Gasteiger partial charge is 0.0831 e. The van der Waals surface area contributed by atoms with E-state index in [9.17, 15) is 0 Å². The molecule has 1 aliphatic rings. The Morgan fingerprint density at radius 1 is 1.24 bits per heavy atom. The molecule has 0 amide bonds. The molecule has 0 aromatic carbocycles. The van der Waals surface area contributed by atoms with Crippen molar-refractivity contribution >= 4 is 0 Å². The van der Waals surface area contributed by atoms with Gasteiger partial charge in [0.2, 0.25) is 0 Å². The zero-order valence-corrected chi connectivity index (χ0v) is 12.2. The van der Waals surface area contributed by atoms with Crippen LogP contribution in [0.1, 0.15) is 65.7 Å². The lowest BCUT2D eigenvalue weighted by Gasteiger charge is -2.44. The van der Waals surface area contributed by atoms with Crippen LogP contribution in [0.5, 0.6) is 0 Å². The number of hydrogen-bond acceptors (Lipinski definition) is 2. The summed E-state index contributed by atoms with van der Waals surface area (Å²) in [5.41, 5.74) is 0.109. The summed E-state index contributed by atoms with van der Waals surface area (Å²) < 4.78 is 5.98. The SMILES string of the molecule is CCCNC(CCC)C1(OC)CCC(C)CC1. The van der Waals surface area contributed by atoms with Crippen molar-refractivity contribution < 1.29 is 4.74 Å². The Bertz CT molecular complexity index is 197. The molecule has 1 atom stereocenters. The normalized spacial score (nSPS) is 31.4. The van der Waals surface area contributed by atoms with Gasteiger partial charge in [0.15, 0.2) is 0 Å². The van der Waals surface area contributed by atoms with E-state index in [1.165, 1.54) is 44.9 Å². The van der Waals surface area contributed by atoms with Gasteiger partial charge in [-0.25, -0.2) is 0 Å². The molecule has 0 aromatic rings. The molecule has 0 heterocycles. The topological polar surface area (TPSA) is 21.3 Å². The molecule has 1 fully saturated rings. The van der Waals surface area contributed by atoms with Crippen LogP contribution in [-0.4, -0.2) is 25.3 Å². The van der Waals surface area contributed by atoms with E-state index in [-0.39, 0.29) is 5.60 Å². The minimum absolute atomic E-state index is 0.109. The molecule has 0 saturated heterocycles. The van der Waals surface area contributed by atoms with E-state index in [0.717, 1.165) is 12.5 Å². The van der Waals surface area contributed by atoms with Crippen LogP contribution in [0.4, 0.5) is 0 Å². The van der Waals surface area contributed by atoms with Crippen LogP contribution in [-0.2, 0) is 4.74 Å². The van der Waals surface area contributed by atoms with E-state index in [4.69, 9.17) is 4.74 Å². The van der Waals surface area contributed by atoms with Crippen molar-refractivity contribution in [3.8, 4) is 0 Å². The van der Waals surface area contributed by atoms with E-state index in [2.05, 4.69) is 26.1 Å². The second-order valence-electron chi connectivity index (χ2n) is 5.75. The lowest BCUT2D eigenvalue weighted by atomic mass is 9.74. The molecule has 2 heteroatoms. The highest BCUT2D eigenvalue weighted by molar-refractivity contribution is 4.96. The monoisotopic (exact) mass is 241 g/mol. The maximum absolute atomic E-state index is 5.98. The Morgan fingerprint density at radius 2 is 1.88 bits per heavy atom. The van der Waals surface area contributed by atoms with Crippen LogP contribution in [0.25, 0.3) is 0 Å². The number of nitrogens with one attached hydrogen (secondary N) is 1. The molecular formula is C15H31NO. The molecule has 1 rings (SSSR count). The van der Waals surface area contributed by atoms with Crippen molar-refractivity contribution in [1.29, 1.82) is 0 Å². The van der Waals surface area contributed by atoms with Crippen molar-refractivity contribution in [2.75, 3.05) is 13.7 Å². The fourth-order valence-electron chi connectivity index (χ4n) is 3.10. The van der Waals surface area contributed by atoms with Crippen molar-refractivity contribution in [1.82, 2.24) is 5.32 Å². The van der Waals surface area contributed by atoms with Crippen LogP contribution in [0.2, 0.25) is 0 Å². The van der Waals surface area contributed by atoms with E-state index in [1.807, 2.05) is 7.11 Å². The van der Waals surface area contributed by atoms with Gasteiger partial charge in [0.1, 0.15) is 0 Å². The number of rotatable bonds is 7. The Hall–Kier alpha value is -0.0800. The first-order valence-electron chi connectivity index (χ1n) is 7.47. The van der Waals surface area contributed by atoms with Crippen LogP contribution < -0.4 is 5.32 Å². The lowest BCUT2D eigenvalue weighted by Crippen LogP contribution is -2.54. The molecule has 17 heavy (non-hydrogen) atoms. The third-order valence-electron chi connectivity index (χ3n) is 4.38. The molecule has 0 bridgehead atoms. The molecule has 1 N–H and O–H groups in total. The lowest BCUT2D eigenvalue weighted by molar-refractivity contribution is -0.0765. The predicted octanol–water partition coefficient (Wildman–Crippen LogP) is 3.75. The van der Waals surface area contributed by atoms with E-state index in [1.54, 1.807) is 0 Å². The van der Waals surface area contributed by atoms with Crippen LogP contribution in [0, 0.1) is 5.92 Å². The Morgan fingerprint density at radius 3 is 2.35 bits per heavy atom. The van der Waals surface area contributed by atoms with Gasteiger partial charge in [-0.05, 0) is 51.0 Å². The molecule has 1 unspecified atom stereocenters. The van der Waals surface area contributed by atoms with Gasteiger partial charge in [0.05, 0.1) is 5.60 Å². The molecule has 1 saturated carbocycles. The predicted molar refractivity (Wildman–Crippen MR) is 74.4 cm³/mol. The summed E-state index contributed by atoms with van der Waals surface area (Å²) in [6, 6.07) is 0.546. The van der Waals surface area contributed by atoms with Crippen LogP contribution in [0.3, 0.4) is 0 Å². The maximum atomic E-state index is 5.98. The van der Waals surface area contributed by atoms with Gasteiger partial charge in [0, 0.05) is 13.2 Å². The molecule has 0 aliphatic heterocycles. The molecule has 1 aliphatic carbocycles. The summed E-state index contributed by atoms with van der Waals surface area (Å²) in [5, 5.41) is 3.72. The summed E-state index contributed by atoms with van der Waals surface area (Å²) in [4.78, 5) is 0. The zero-order chi connectivity index (χ0) is 12.7. The summed E-state index contributed by atoms with van der Waals surface area (Å²) in [6.07, 6.45) is 8.78. The van der Waals surface area contributed by atoms with Gasteiger partial charge < -0.3 is 10.1 Å². The summed E-state index contributed by atoms with van der Waals surface area (Å²) in [7, 11) is 1.91. The van der Waals surface area contributed by atoms with Crippen LogP contribution in [0.15, 0.2) is 0 Å². The zero-order valence-electron chi connectivity index (χ0n) is 12.2. The van der Waals surface area contributed by atoms with Gasteiger partial charge in [-0.1, -0.05) is 27.2 Å². The molecular weight excluding hydrogens is 210 g/mol. The minimum Gasteiger partial charge on any atom is -0.377 e. The molecule has 102 valence electrons. The minimum atomic E-state index is 0.109. The third-order valence-corrected chi connectivity index (χ3v) is 4.38. The number of ether oxygens (including phenoxy) is 1. The third kappa shape index (κ3) is 3.96. The largest absolute Gasteiger partial charge is 0.377 e. The quantitative estimate of drug-likeness (QED) is 0.733. The first-order chi connectivity index (χ1) is 8.18. The molecule has 0 aromatic heterocycles. The van der Waals surface area contributed by atoms with Crippen molar-refractivity contribution in [3.63, 3.8) is 0 Å². The second-order valence-corrected chi connectivity index (χ2v) is 5.75. The summed E-state index contributed by atoms with van der Waals surface area (Å²) in [6.45, 7) is 7.99. The van der Waals surface area contributed by atoms with Gasteiger partial charge in [-0.2, -0.15) is 0 Å². The van der Waals surface area contributed by atoms with Gasteiger partial charge in [-0.15, -0.1) is 0 Å². The highest BCUT2D eigenvalue weighted by Gasteiger charge is 2.40. The maximum Gasteiger partial charge on any atom is 0.0831 e. The van der Waals surface area contributed by atoms with Gasteiger partial charge >= 0.3 is 0 Å². The summed E-state index contributed by atoms with van der Waals surface area (Å²) in [5.74, 6) is 0.881. The van der Waals surface area contributed by atoms with Crippen molar-refractivity contribution in [3.05, 3.63) is 0 Å². The van der Waals surface area contributed by atoms with E-state index < -0.39 is 0 Å². The fraction of sp³-hybridized carbons (Fsp3) is 1.00. The Labute approximate surface area is 108 Å². The number of hydrogen-bond donors (Lipinski definition) is 1. The average Bonchev–Trinajstić information content (AvgIpc) is 2.36. The fourth-order valence-corrected chi connectivity index (χ4v) is 3.10. The first kappa shape index (κ1) is 15.0. The van der Waals surface area contributed by atoms with Crippen molar-refractivity contribution in [2.45, 2.75) is 77.4 Å². The van der Waals surface area contributed by atoms with E-state index >= 15 is 0 Å².